The first-order valence-electron chi connectivity index (χ1n) is 7.12. The van der Waals surface area contributed by atoms with Crippen LogP contribution in [0.1, 0.15) is 36.8 Å². The summed E-state index contributed by atoms with van der Waals surface area (Å²) in [5.41, 5.74) is 1.22. The number of aromatic nitrogens is 1. The van der Waals surface area contributed by atoms with Crippen LogP contribution < -0.4 is 0 Å². The lowest BCUT2D eigenvalue weighted by molar-refractivity contribution is -0.131. The molecule has 1 aromatic heterocycles. The molecular formula is C15H22ClN3O2. The molecule has 0 aliphatic heterocycles. The largest absolute Gasteiger partial charge is 0.342 e. The molecule has 1 aromatic rings. The van der Waals surface area contributed by atoms with Gasteiger partial charge in [-0.2, -0.15) is 0 Å². The van der Waals surface area contributed by atoms with E-state index >= 15 is 0 Å². The number of carbonyl (C=O) groups excluding carboxylic acids is 2. The zero-order chi connectivity index (χ0) is 16.0. The Morgan fingerprint density at radius 2 is 1.81 bits per heavy atom. The van der Waals surface area contributed by atoms with Crippen LogP contribution in [0.25, 0.3) is 0 Å². The molecule has 0 fully saturated rings. The molecule has 0 bridgehead atoms. The molecule has 0 unspecified atom stereocenters. The first-order valence-corrected chi connectivity index (χ1v) is 7.50. The zero-order valence-corrected chi connectivity index (χ0v) is 13.8. The summed E-state index contributed by atoms with van der Waals surface area (Å²) in [5, 5.41) is 0.293. The van der Waals surface area contributed by atoms with Gasteiger partial charge in [-0.15, -0.1) is 0 Å². The minimum absolute atomic E-state index is 0.0575. The number of halogens is 1. The number of amides is 2. The molecule has 0 aliphatic carbocycles. The van der Waals surface area contributed by atoms with Gasteiger partial charge in [0.05, 0.1) is 6.54 Å². The summed E-state index contributed by atoms with van der Waals surface area (Å²) in [6.45, 7) is 7.11. The molecule has 0 saturated heterocycles. The van der Waals surface area contributed by atoms with Crippen LogP contribution in [0.4, 0.5) is 0 Å². The summed E-state index contributed by atoms with van der Waals surface area (Å²) < 4.78 is 0. The Morgan fingerprint density at radius 3 is 2.33 bits per heavy atom. The molecule has 6 heteroatoms. The smallest absolute Gasteiger partial charge is 0.254 e. The molecule has 0 aliphatic rings. The third-order valence-corrected chi connectivity index (χ3v) is 3.49. The lowest BCUT2D eigenvalue weighted by Crippen LogP contribution is -2.41. The standard InChI is InChI=1S/C15H22ClN3O2/c1-5-12-8-11(9-13(16)17-12)15(21)18(4)10-14(20)19(6-2)7-3/h8-9H,5-7,10H2,1-4H3. The fraction of sp³-hybridized carbons (Fsp3) is 0.533. The monoisotopic (exact) mass is 311 g/mol. The zero-order valence-electron chi connectivity index (χ0n) is 13.0. The highest BCUT2D eigenvalue weighted by Crippen LogP contribution is 2.13. The number of hydrogen-bond donors (Lipinski definition) is 0. The molecule has 0 aromatic carbocycles. The number of nitrogens with zero attached hydrogens (tertiary/aromatic N) is 3. The number of aryl methyl sites for hydroxylation is 1. The fourth-order valence-electron chi connectivity index (χ4n) is 2.03. The Bertz CT molecular complexity index is 516. The van der Waals surface area contributed by atoms with Crippen LogP contribution in [0.3, 0.4) is 0 Å². The number of rotatable bonds is 6. The van der Waals surface area contributed by atoms with Crippen molar-refractivity contribution in [2.45, 2.75) is 27.2 Å². The molecule has 1 heterocycles. The van der Waals surface area contributed by atoms with Crippen molar-refractivity contribution >= 4 is 23.4 Å². The normalized spacial score (nSPS) is 10.3. The number of hydrogen-bond acceptors (Lipinski definition) is 3. The minimum Gasteiger partial charge on any atom is -0.342 e. The topological polar surface area (TPSA) is 53.5 Å². The van der Waals surface area contributed by atoms with Gasteiger partial charge in [0.15, 0.2) is 0 Å². The van der Waals surface area contributed by atoms with Crippen LogP contribution in [0.2, 0.25) is 5.15 Å². The predicted molar refractivity (Wildman–Crippen MR) is 83.5 cm³/mol. The van der Waals surface area contributed by atoms with E-state index in [0.717, 1.165) is 5.69 Å². The first-order chi connectivity index (χ1) is 9.92. The Balaban J connectivity index is 2.83. The molecule has 2 amide bonds. The van der Waals surface area contributed by atoms with E-state index in [-0.39, 0.29) is 18.4 Å². The van der Waals surface area contributed by atoms with Gasteiger partial charge < -0.3 is 9.80 Å². The minimum atomic E-state index is -0.227. The molecule has 0 saturated carbocycles. The van der Waals surface area contributed by atoms with Crippen LogP contribution in [-0.2, 0) is 11.2 Å². The molecule has 0 atom stereocenters. The van der Waals surface area contributed by atoms with Gasteiger partial charge in [-0.1, -0.05) is 18.5 Å². The maximum Gasteiger partial charge on any atom is 0.254 e. The highest BCUT2D eigenvalue weighted by atomic mass is 35.5. The predicted octanol–water partition coefficient (Wildman–Crippen LogP) is 2.24. The average Bonchev–Trinajstić information content (AvgIpc) is 2.46. The second kappa shape index (κ2) is 7.98. The summed E-state index contributed by atoms with van der Waals surface area (Å²) in [5.74, 6) is -0.291. The summed E-state index contributed by atoms with van der Waals surface area (Å²) in [6, 6.07) is 3.24. The Hall–Kier alpha value is -1.62. The second-order valence-corrected chi connectivity index (χ2v) is 5.14. The summed E-state index contributed by atoms with van der Waals surface area (Å²) in [4.78, 5) is 31.6. The number of likely N-dealkylation sites (N-methyl/N-ethyl adjacent to an activating group) is 2. The second-order valence-electron chi connectivity index (χ2n) is 4.75. The van der Waals surface area contributed by atoms with Crippen molar-refractivity contribution in [2.75, 3.05) is 26.7 Å². The van der Waals surface area contributed by atoms with Crippen molar-refractivity contribution in [2.24, 2.45) is 0 Å². The van der Waals surface area contributed by atoms with Crippen molar-refractivity contribution < 1.29 is 9.59 Å². The van der Waals surface area contributed by atoms with Crippen LogP contribution in [0, 0.1) is 0 Å². The number of carbonyl (C=O) groups is 2. The molecule has 0 radical (unpaired) electrons. The SMILES string of the molecule is CCc1cc(C(=O)N(C)CC(=O)N(CC)CC)cc(Cl)n1. The van der Waals surface area contributed by atoms with Gasteiger partial charge in [-0.25, -0.2) is 4.98 Å². The van der Waals surface area contributed by atoms with Crippen molar-refractivity contribution in [3.05, 3.63) is 28.5 Å². The van der Waals surface area contributed by atoms with E-state index < -0.39 is 0 Å². The highest BCUT2D eigenvalue weighted by Gasteiger charge is 2.18. The van der Waals surface area contributed by atoms with Gasteiger partial charge in [0, 0.05) is 31.4 Å². The van der Waals surface area contributed by atoms with Crippen LogP contribution in [-0.4, -0.2) is 53.3 Å². The van der Waals surface area contributed by atoms with Gasteiger partial charge >= 0.3 is 0 Å². The fourth-order valence-corrected chi connectivity index (χ4v) is 2.25. The number of pyridine rings is 1. The van der Waals surface area contributed by atoms with Gasteiger partial charge in [0.1, 0.15) is 5.15 Å². The summed E-state index contributed by atoms with van der Waals surface area (Å²) in [7, 11) is 1.61. The Kier molecular flexibility index (Phi) is 6.62. The van der Waals surface area contributed by atoms with Gasteiger partial charge in [-0.05, 0) is 32.4 Å². The van der Waals surface area contributed by atoms with Crippen molar-refractivity contribution in [3.8, 4) is 0 Å². The van der Waals surface area contributed by atoms with Gasteiger partial charge in [0.2, 0.25) is 5.91 Å². The highest BCUT2D eigenvalue weighted by molar-refractivity contribution is 6.29. The third-order valence-electron chi connectivity index (χ3n) is 3.29. The molecule has 21 heavy (non-hydrogen) atoms. The van der Waals surface area contributed by atoms with E-state index in [2.05, 4.69) is 4.98 Å². The summed E-state index contributed by atoms with van der Waals surface area (Å²) >= 11 is 5.92. The van der Waals surface area contributed by atoms with Crippen molar-refractivity contribution in [3.63, 3.8) is 0 Å². The Morgan fingerprint density at radius 1 is 1.19 bits per heavy atom. The lowest BCUT2D eigenvalue weighted by atomic mass is 10.2. The molecule has 1 rings (SSSR count). The van der Waals surface area contributed by atoms with Crippen molar-refractivity contribution in [1.29, 1.82) is 0 Å². The molecule has 0 N–H and O–H groups in total. The van der Waals surface area contributed by atoms with E-state index in [1.807, 2.05) is 20.8 Å². The van der Waals surface area contributed by atoms with E-state index in [0.29, 0.717) is 30.2 Å². The maximum absolute atomic E-state index is 12.4. The first kappa shape index (κ1) is 17.4. The van der Waals surface area contributed by atoms with Crippen LogP contribution >= 0.6 is 11.6 Å². The lowest BCUT2D eigenvalue weighted by Gasteiger charge is -2.23. The molecular weight excluding hydrogens is 290 g/mol. The van der Waals surface area contributed by atoms with E-state index in [1.54, 1.807) is 18.0 Å². The summed E-state index contributed by atoms with van der Waals surface area (Å²) in [6.07, 6.45) is 0.697. The quantitative estimate of drug-likeness (QED) is 0.757. The molecule has 0 spiro atoms. The average molecular weight is 312 g/mol. The molecule has 5 nitrogen and oxygen atoms in total. The van der Waals surface area contributed by atoms with E-state index in [9.17, 15) is 9.59 Å². The van der Waals surface area contributed by atoms with E-state index in [1.165, 1.54) is 11.0 Å². The maximum atomic E-state index is 12.4. The molecule has 116 valence electrons. The third kappa shape index (κ3) is 4.70. The van der Waals surface area contributed by atoms with Crippen molar-refractivity contribution in [1.82, 2.24) is 14.8 Å². The van der Waals surface area contributed by atoms with Crippen LogP contribution in [0.5, 0.6) is 0 Å². The van der Waals surface area contributed by atoms with E-state index in [4.69, 9.17) is 11.6 Å². The van der Waals surface area contributed by atoms with Gasteiger partial charge in [-0.3, -0.25) is 9.59 Å². The Labute approximate surface area is 130 Å². The van der Waals surface area contributed by atoms with Gasteiger partial charge in [0.25, 0.3) is 5.91 Å². The van der Waals surface area contributed by atoms with Crippen LogP contribution in [0.15, 0.2) is 12.1 Å².